The molecule has 15 heavy (non-hydrogen) atoms. The van der Waals surface area contributed by atoms with Crippen molar-refractivity contribution in [3.63, 3.8) is 0 Å². The molecular formula is C11H12N2O2. The van der Waals surface area contributed by atoms with Gasteiger partial charge in [-0.25, -0.2) is 0 Å². The van der Waals surface area contributed by atoms with Gasteiger partial charge in [-0.2, -0.15) is 0 Å². The highest BCUT2D eigenvalue weighted by Crippen LogP contribution is 2.10. The summed E-state index contributed by atoms with van der Waals surface area (Å²) in [5.41, 5.74) is 2.06. The van der Waals surface area contributed by atoms with Crippen LogP contribution in [-0.2, 0) is 9.63 Å². The molecule has 0 unspecified atom stereocenters. The standard InChI is InChI=1S/C11H12N2O2/c1-8-3-5-9(6-4-8)11-12-15-7-10(14)13(11)2/h3-6H,7H2,1-2H3. The smallest absolute Gasteiger partial charge is 0.268 e. The number of hydrogen-bond acceptors (Lipinski definition) is 3. The van der Waals surface area contributed by atoms with E-state index in [9.17, 15) is 4.79 Å². The highest BCUT2D eigenvalue weighted by molar-refractivity contribution is 6.08. The lowest BCUT2D eigenvalue weighted by Crippen LogP contribution is -2.39. The summed E-state index contributed by atoms with van der Waals surface area (Å²) in [7, 11) is 1.70. The van der Waals surface area contributed by atoms with Crippen molar-refractivity contribution >= 4 is 11.7 Å². The van der Waals surface area contributed by atoms with Crippen LogP contribution in [0.15, 0.2) is 29.4 Å². The Hall–Kier alpha value is -1.84. The third kappa shape index (κ3) is 1.83. The Morgan fingerprint density at radius 2 is 2.00 bits per heavy atom. The molecular weight excluding hydrogens is 192 g/mol. The number of benzene rings is 1. The summed E-state index contributed by atoms with van der Waals surface area (Å²) in [6, 6.07) is 7.80. The maximum atomic E-state index is 11.4. The van der Waals surface area contributed by atoms with Crippen LogP contribution in [0.5, 0.6) is 0 Å². The summed E-state index contributed by atoms with van der Waals surface area (Å²) in [5.74, 6) is 0.479. The van der Waals surface area contributed by atoms with Crippen molar-refractivity contribution in [2.45, 2.75) is 6.92 Å². The Morgan fingerprint density at radius 3 is 2.67 bits per heavy atom. The third-order valence-corrected chi connectivity index (χ3v) is 2.34. The van der Waals surface area contributed by atoms with Crippen LogP contribution in [0.3, 0.4) is 0 Å². The van der Waals surface area contributed by atoms with Gasteiger partial charge in [0.05, 0.1) is 0 Å². The van der Waals surface area contributed by atoms with Gasteiger partial charge in [0.25, 0.3) is 5.91 Å². The lowest BCUT2D eigenvalue weighted by molar-refractivity contribution is -0.133. The highest BCUT2D eigenvalue weighted by Gasteiger charge is 2.21. The summed E-state index contributed by atoms with van der Waals surface area (Å²) in [6.45, 7) is 2.03. The first-order valence-electron chi connectivity index (χ1n) is 4.72. The zero-order valence-electron chi connectivity index (χ0n) is 8.73. The van der Waals surface area contributed by atoms with E-state index in [4.69, 9.17) is 4.84 Å². The SMILES string of the molecule is Cc1ccc(C2=NOCC(=O)N2C)cc1. The van der Waals surface area contributed by atoms with Gasteiger partial charge in [-0.15, -0.1) is 0 Å². The largest absolute Gasteiger partial charge is 0.384 e. The number of likely N-dealkylation sites (N-methyl/N-ethyl adjacent to an activating group) is 1. The monoisotopic (exact) mass is 204 g/mol. The second-order valence-corrected chi connectivity index (χ2v) is 3.51. The van der Waals surface area contributed by atoms with E-state index in [1.165, 1.54) is 10.5 Å². The van der Waals surface area contributed by atoms with Crippen molar-refractivity contribution in [3.05, 3.63) is 35.4 Å². The van der Waals surface area contributed by atoms with Crippen LogP contribution in [0.25, 0.3) is 0 Å². The molecule has 0 N–H and O–H groups in total. The maximum absolute atomic E-state index is 11.4. The normalized spacial score (nSPS) is 16.0. The van der Waals surface area contributed by atoms with Crippen LogP contribution < -0.4 is 0 Å². The molecule has 4 heteroatoms. The number of oxime groups is 1. The van der Waals surface area contributed by atoms with Gasteiger partial charge in [0, 0.05) is 12.6 Å². The number of amides is 1. The van der Waals surface area contributed by atoms with E-state index in [0.29, 0.717) is 5.84 Å². The molecule has 0 aliphatic carbocycles. The summed E-state index contributed by atoms with van der Waals surface area (Å²) in [5, 5.41) is 3.88. The number of nitrogens with zero attached hydrogens (tertiary/aromatic N) is 2. The lowest BCUT2D eigenvalue weighted by Gasteiger charge is -2.22. The number of amidine groups is 1. The van der Waals surface area contributed by atoms with Gasteiger partial charge in [0.15, 0.2) is 12.4 Å². The van der Waals surface area contributed by atoms with Gasteiger partial charge < -0.3 is 4.84 Å². The Kier molecular flexibility index (Phi) is 2.41. The fraction of sp³-hybridized carbons (Fsp3) is 0.273. The Bertz CT molecular complexity index is 409. The molecule has 2 rings (SSSR count). The van der Waals surface area contributed by atoms with E-state index in [1.54, 1.807) is 7.05 Å². The van der Waals surface area contributed by atoms with E-state index in [-0.39, 0.29) is 12.5 Å². The van der Waals surface area contributed by atoms with Crippen LogP contribution in [0.2, 0.25) is 0 Å². The van der Waals surface area contributed by atoms with Crippen LogP contribution in [0, 0.1) is 6.92 Å². The number of aryl methyl sites for hydroxylation is 1. The predicted molar refractivity (Wildman–Crippen MR) is 56.4 cm³/mol. The number of carbonyl (C=O) groups is 1. The molecule has 0 spiro atoms. The van der Waals surface area contributed by atoms with Crippen LogP contribution in [0.1, 0.15) is 11.1 Å². The van der Waals surface area contributed by atoms with E-state index in [1.807, 2.05) is 31.2 Å². The average molecular weight is 204 g/mol. The zero-order chi connectivity index (χ0) is 10.8. The molecule has 1 aliphatic heterocycles. The molecule has 1 heterocycles. The van der Waals surface area contributed by atoms with Crippen molar-refractivity contribution < 1.29 is 9.63 Å². The first-order valence-corrected chi connectivity index (χ1v) is 4.72. The molecule has 0 saturated heterocycles. The molecule has 0 aromatic heterocycles. The molecule has 1 aliphatic rings. The van der Waals surface area contributed by atoms with Gasteiger partial charge in [-0.3, -0.25) is 9.69 Å². The van der Waals surface area contributed by atoms with Crippen molar-refractivity contribution in [2.75, 3.05) is 13.7 Å². The number of rotatable bonds is 1. The molecule has 0 bridgehead atoms. The van der Waals surface area contributed by atoms with Crippen molar-refractivity contribution in [3.8, 4) is 0 Å². The third-order valence-electron chi connectivity index (χ3n) is 2.34. The lowest BCUT2D eigenvalue weighted by atomic mass is 10.1. The van der Waals surface area contributed by atoms with Gasteiger partial charge in [-0.05, 0) is 6.92 Å². The minimum absolute atomic E-state index is 0.0197. The molecule has 0 saturated carbocycles. The molecule has 4 nitrogen and oxygen atoms in total. The van der Waals surface area contributed by atoms with E-state index in [0.717, 1.165) is 5.56 Å². The minimum atomic E-state index is -0.0828. The zero-order valence-corrected chi connectivity index (χ0v) is 8.73. The molecule has 1 aromatic carbocycles. The first-order chi connectivity index (χ1) is 7.18. The van der Waals surface area contributed by atoms with Crippen molar-refractivity contribution in [2.24, 2.45) is 5.16 Å². The second-order valence-electron chi connectivity index (χ2n) is 3.51. The summed E-state index contributed by atoms with van der Waals surface area (Å²) >= 11 is 0. The Morgan fingerprint density at radius 1 is 1.33 bits per heavy atom. The molecule has 78 valence electrons. The highest BCUT2D eigenvalue weighted by atomic mass is 16.6. The molecule has 0 fully saturated rings. The Balaban J connectivity index is 2.34. The van der Waals surface area contributed by atoms with Crippen LogP contribution >= 0.6 is 0 Å². The van der Waals surface area contributed by atoms with Gasteiger partial charge >= 0.3 is 0 Å². The van der Waals surface area contributed by atoms with Crippen LogP contribution in [-0.4, -0.2) is 30.3 Å². The fourth-order valence-corrected chi connectivity index (χ4v) is 1.37. The average Bonchev–Trinajstić information content (AvgIpc) is 2.24. The summed E-state index contributed by atoms with van der Waals surface area (Å²) in [4.78, 5) is 17.7. The summed E-state index contributed by atoms with van der Waals surface area (Å²) in [6.07, 6.45) is 0. The van der Waals surface area contributed by atoms with Gasteiger partial charge in [-0.1, -0.05) is 35.0 Å². The minimum Gasteiger partial charge on any atom is -0.384 e. The summed E-state index contributed by atoms with van der Waals surface area (Å²) < 4.78 is 0. The Labute approximate surface area is 88.1 Å². The van der Waals surface area contributed by atoms with Crippen LogP contribution in [0.4, 0.5) is 0 Å². The fourth-order valence-electron chi connectivity index (χ4n) is 1.37. The van der Waals surface area contributed by atoms with E-state index in [2.05, 4.69) is 5.16 Å². The quantitative estimate of drug-likeness (QED) is 0.688. The first kappa shape index (κ1) is 9.71. The van der Waals surface area contributed by atoms with E-state index >= 15 is 0 Å². The van der Waals surface area contributed by atoms with Crippen molar-refractivity contribution in [1.82, 2.24) is 4.90 Å². The second kappa shape index (κ2) is 3.73. The van der Waals surface area contributed by atoms with Gasteiger partial charge in [0.1, 0.15) is 0 Å². The van der Waals surface area contributed by atoms with Crippen molar-refractivity contribution in [1.29, 1.82) is 0 Å². The molecule has 0 atom stereocenters. The molecule has 0 radical (unpaired) electrons. The predicted octanol–water partition coefficient (Wildman–Crippen LogP) is 1.15. The van der Waals surface area contributed by atoms with E-state index < -0.39 is 0 Å². The number of hydrogen-bond donors (Lipinski definition) is 0. The molecule has 1 amide bonds. The molecule has 1 aromatic rings. The number of carbonyl (C=O) groups excluding carboxylic acids is 1. The topological polar surface area (TPSA) is 41.9 Å². The maximum Gasteiger partial charge on any atom is 0.268 e. The van der Waals surface area contributed by atoms with Gasteiger partial charge in [0.2, 0.25) is 0 Å².